The first-order valence-electron chi connectivity index (χ1n) is 10.8. The average molecular weight is 431 g/mol. The van der Waals surface area contributed by atoms with Crippen LogP contribution in [-0.2, 0) is 4.79 Å². The van der Waals surface area contributed by atoms with Crippen LogP contribution in [0.4, 0.5) is 23.0 Å². The van der Waals surface area contributed by atoms with E-state index in [0.717, 1.165) is 31.2 Å². The second-order valence-corrected chi connectivity index (χ2v) is 7.97. The molecule has 4 rings (SSSR count). The molecule has 1 fully saturated rings. The first kappa shape index (κ1) is 21.4. The normalized spacial score (nSPS) is 14.0. The molecule has 2 heterocycles. The molecule has 8 heteroatoms. The van der Waals surface area contributed by atoms with Crippen molar-refractivity contribution in [2.24, 2.45) is 5.92 Å². The Morgan fingerprint density at radius 1 is 1.00 bits per heavy atom. The van der Waals surface area contributed by atoms with Gasteiger partial charge in [0.1, 0.15) is 5.82 Å². The summed E-state index contributed by atoms with van der Waals surface area (Å²) in [4.78, 5) is 32.5. The highest BCUT2D eigenvalue weighted by atomic mass is 16.6. The van der Waals surface area contributed by atoms with Gasteiger partial charge in [0.25, 0.3) is 0 Å². The molecule has 164 valence electrons. The lowest BCUT2D eigenvalue weighted by atomic mass is 9.89. The molecule has 3 aromatic rings. The number of rotatable bonds is 6. The third-order valence-electron chi connectivity index (χ3n) is 5.71. The average Bonchev–Trinajstić information content (AvgIpc) is 2.82. The minimum Gasteiger partial charge on any atom is -0.333 e. The summed E-state index contributed by atoms with van der Waals surface area (Å²) in [5, 5.41) is 17.5. The Hall–Kier alpha value is -3.81. The number of aromatic nitrogens is 2. The number of carbonyl (C=O) groups excluding carboxylic acids is 1. The fourth-order valence-corrected chi connectivity index (χ4v) is 3.94. The lowest BCUT2D eigenvalue weighted by Gasteiger charge is -2.20. The fraction of sp³-hybridized carbons (Fsp3) is 0.292. The van der Waals surface area contributed by atoms with Crippen LogP contribution >= 0.6 is 0 Å². The Morgan fingerprint density at radius 2 is 1.75 bits per heavy atom. The summed E-state index contributed by atoms with van der Waals surface area (Å²) in [7, 11) is 0. The van der Waals surface area contributed by atoms with E-state index in [1.807, 2.05) is 30.3 Å². The molecule has 0 bridgehead atoms. The van der Waals surface area contributed by atoms with E-state index < -0.39 is 4.92 Å². The van der Waals surface area contributed by atoms with Crippen molar-refractivity contribution in [3.05, 3.63) is 70.4 Å². The van der Waals surface area contributed by atoms with E-state index in [0.29, 0.717) is 22.9 Å². The highest BCUT2D eigenvalue weighted by Gasteiger charge is 2.22. The van der Waals surface area contributed by atoms with E-state index in [1.54, 1.807) is 25.1 Å². The fourth-order valence-electron chi connectivity index (χ4n) is 3.94. The van der Waals surface area contributed by atoms with Gasteiger partial charge in [-0.3, -0.25) is 14.9 Å². The van der Waals surface area contributed by atoms with Crippen LogP contribution in [0.5, 0.6) is 0 Å². The van der Waals surface area contributed by atoms with Gasteiger partial charge in [-0.15, -0.1) is 0 Å². The van der Waals surface area contributed by atoms with Crippen LogP contribution in [-0.4, -0.2) is 20.8 Å². The summed E-state index contributed by atoms with van der Waals surface area (Å²) in [6, 6.07) is 16.0. The van der Waals surface area contributed by atoms with Crippen molar-refractivity contribution in [3.63, 3.8) is 0 Å². The molecule has 0 unspecified atom stereocenters. The number of benzene rings is 1. The molecule has 0 atom stereocenters. The van der Waals surface area contributed by atoms with Gasteiger partial charge in [0.2, 0.25) is 11.7 Å². The molecule has 2 aromatic heterocycles. The molecule has 1 amide bonds. The molecular weight excluding hydrogens is 406 g/mol. The smallest absolute Gasteiger partial charge is 0.311 e. The van der Waals surface area contributed by atoms with Gasteiger partial charge >= 0.3 is 5.69 Å². The van der Waals surface area contributed by atoms with Crippen molar-refractivity contribution < 1.29 is 9.72 Å². The predicted molar refractivity (Wildman–Crippen MR) is 124 cm³/mol. The monoisotopic (exact) mass is 431 g/mol. The Bertz CT molecular complexity index is 1130. The van der Waals surface area contributed by atoms with Crippen molar-refractivity contribution in [3.8, 4) is 11.3 Å². The van der Waals surface area contributed by atoms with Gasteiger partial charge in [-0.1, -0.05) is 49.6 Å². The van der Waals surface area contributed by atoms with Crippen LogP contribution in [0, 0.1) is 23.0 Å². The quantitative estimate of drug-likeness (QED) is 0.387. The molecule has 8 nitrogen and oxygen atoms in total. The van der Waals surface area contributed by atoms with Gasteiger partial charge in [-0.2, -0.15) is 0 Å². The molecule has 1 aliphatic rings. The number of hydrogen-bond acceptors (Lipinski definition) is 6. The maximum absolute atomic E-state index is 12.5. The molecule has 0 radical (unpaired) electrons. The second kappa shape index (κ2) is 9.55. The summed E-state index contributed by atoms with van der Waals surface area (Å²) < 4.78 is 0. The number of nitrogens with zero attached hydrogens (tertiary/aromatic N) is 3. The maximum atomic E-state index is 12.5. The summed E-state index contributed by atoms with van der Waals surface area (Å²) in [6.07, 6.45) is 5.19. The number of hydrogen-bond donors (Lipinski definition) is 2. The van der Waals surface area contributed by atoms with Crippen LogP contribution in [0.1, 0.15) is 37.8 Å². The molecule has 1 saturated carbocycles. The predicted octanol–water partition coefficient (Wildman–Crippen LogP) is 5.62. The van der Waals surface area contributed by atoms with Crippen LogP contribution in [0.3, 0.4) is 0 Å². The third-order valence-corrected chi connectivity index (χ3v) is 5.71. The minimum absolute atomic E-state index is 0.00479. The van der Waals surface area contributed by atoms with Crippen molar-refractivity contribution in [1.82, 2.24) is 9.97 Å². The number of pyridine rings is 2. The Balaban J connectivity index is 1.55. The summed E-state index contributed by atoms with van der Waals surface area (Å²) in [6.45, 7) is 1.78. The van der Waals surface area contributed by atoms with Crippen molar-refractivity contribution in [2.75, 3.05) is 10.6 Å². The van der Waals surface area contributed by atoms with E-state index in [1.165, 1.54) is 12.5 Å². The zero-order chi connectivity index (χ0) is 22.5. The van der Waals surface area contributed by atoms with Crippen molar-refractivity contribution in [1.29, 1.82) is 0 Å². The summed E-state index contributed by atoms with van der Waals surface area (Å²) >= 11 is 0. The number of anilines is 3. The largest absolute Gasteiger partial charge is 0.333 e. The van der Waals surface area contributed by atoms with Crippen molar-refractivity contribution >= 4 is 28.9 Å². The van der Waals surface area contributed by atoms with Gasteiger partial charge in [-0.05, 0) is 38.0 Å². The van der Waals surface area contributed by atoms with Crippen LogP contribution < -0.4 is 10.6 Å². The molecule has 32 heavy (non-hydrogen) atoms. The van der Waals surface area contributed by atoms with E-state index in [4.69, 9.17) is 0 Å². The lowest BCUT2D eigenvalue weighted by Crippen LogP contribution is -2.25. The SMILES string of the molecule is Cc1nc(NC(=O)C2CCCCC2)ccc1Nc1nc(-c2ccccc2)ccc1[N+](=O)[O-]. The molecule has 2 N–H and O–H groups in total. The van der Waals surface area contributed by atoms with E-state index in [2.05, 4.69) is 20.6 Å². The first-order valence-corrected chi connectivity index (χ1v) is 10.8. The number of carbonyl (C=O) groups is 1. The molecular formula is C24H25N5O3. The van der Waals surface area contributed by atoms with E-state index >= 15 is 0 Å². The third kappa shape index (κ3) is 4.91. The molecule has 1 aliphatic carbocycles. The maximum Gasteiger partial charge on any atom is 0.311 e. The molecule has 1 aromatic carbocycles. The number of amides is 1. The number of nitro groups is 1. The Morgan fingerprint density at radius 3 is 2.44 bits per heavy atom. The van der Waals surface area contributed by atoms with Gasteiger partial charge in [-0.25, -0.2) is 9.97 Å². The molecule has 0 aliphatic heterocycles. The zero-order valence-electron chi connectivity index (χ0n) is 17.9. The van der Waals surface area contributed by atoms with Crippen LogP contribution in [0.25, 0.3) is 11.3 Å². The lowest BCUT2D eigenvalue weighted by molar-refractivity contribution is -0.384. The highest BCUT2D eigenvalue weighted by molar-refractivity contribution is 5.92. The standard InChI is InChI=1S/C24H25N5O3/c1-16-19(13-15-22(25-16)28-24(30)18-10-6-3-7-11-18)26-23-21(29(31)32)14-12-20(27-23)17-8-4-2-5-9-17/h2,4-5,8-9,12-15,18H,3,6-7,10-11H2,1H3,(H,26,27)(H,25,28,30). The zero-order valence-corrected chi connectivity index (χ0v) is 17.9. The number of nitrogens with one attached hydrogen (secondary N) is 2. The Kier molecular flexibility index (Phi) is 6.39. The van der Waals surface area contributed by atoms with Gasteiger partial charge in [0.05, 0.1) is 22.0 Å². The molecule has 0 spiro atoms. The first-order chi connectivity index (χ1) is 15.5. The van der Waals surface area contributed by atoms with E-state index in [9.17, 15) is 14.9 Å². The van der Waals surface area contributed by atoms with Crippen molar-refractivity contribution in [2.45, 2.75) is 39.0 Å². The van der Waals surface area contributed by atoms with Gasteiger partial charge in [0, 0.05) is 17.5 Å². The van der Waals surface area contributed by atoms with Crippen LogP contribution in [0.2, 0.25) is 0 Å². The topological polar surface area (TPSA) is 110 Å². The summed E-state index contributed by atoms with van der Waals surface area (Å²) in [5.74, 6) is 0.658. The Labute approximate surface area is 186 Å². The highest BCUT2D eigenvalue weighted by Crippen LogP contribution is 2.31. The van der Waals surface area contributed by atoms with Gasteiger partial charge in [0.15, 0.2) is 0 Å². The second-order valence-electron chi connectivity index (χ2n) is 7.97. The minimum atomic E-state index is -0.467. The van der Waals surface area contributed by atoms with Gasteiger partial charge < -0.3 is 10.6 Å². The number of aryl methyl sites for hydroxylation is 1. The van der Waals surface area contributed by atoms with Crippen LogP contribution in [0.15, 0.2) is 54.6 Å². The molecule has 0 saturated heterocycles. The van der Waals surface area contributed by atoms with E-state index in [-0.39, 0.29) is 23.3 Å². The summed E-state index contributed by atoms with van der Waals surface area (Å²) in [5.41, 5.74) is 2.55.